The maximum Gasteiger partial charge on any atom is 0.317 e. The average Bonchev–Trinajstić information content (AvgIpc) is 3.38. The Morgan fingerprint density at radius 3 is 1.96 bits per heavy atom. The number of urea groups is 3. The van der Waals surface area contributed by atoms with Crippen molar-refractivity contribution < 1.29 is 14.4 Å². The highest BCUT2D eigenvalue weighted by Crippen LogP contribution is 2.22. The smallest absolute Gasteiger partial charge is 0.317 e. The van der Waals surface area contributed by atoms with E-state index in [0.29, 0.717) is 26.2 Å². The van der Waals surface area contributed by atoms with E-state index in [9.17, 15) is 14.4 Å². The molecule has 4 atom stereocenters. The summed E-state index contributed by atoms with van der Waals surface area (Å²) in [4.78, 5) is 41.4. The van der Waals surface area contributed by atoms with Crippen LogP contribution in [0.1, 0.15) is 44.9 Å². The molecule has 1 aliphatic carbocycles. The molecule has 27 heavy (non-hydrogen) atoms. The van der Waals surface area contributed by atoms with E-state index in [2.05, 4.69) is 21.3 Å². The van der Waals surface area contributed by atoms with Crippen LogP contribution in [0.4, 0.5) is 14.4 Å². The predicted molar refractivity (Wildman–Crippen MR) is 99.3 cm³/mol. The monoisotopic (exact) mass is 378 g/mol. The summed E-state index contributed by atoms with van der Waals surface area (Å²) in [6, 6.07) is -0.417. The summed E-state index contributed by atoms with van der Waals surface area (Å²) in [7, 11) is 0. The van der Waals surface area contributed by atoms with Gasteiger partial charge in [-0.15, -0.1) is 0 Å². The van der Waals surface area contributed by atoms with E-state index in [1.54, 1.807) is 0 Å². The molecular formula is C18H30N6O3. The minimum atomic E-state index is -0.220. The van der Waals surface area contributed by atoms with Crippen molar-refractivity contribution in [3.8, 4) is 0 Å². The maximum absolute atomic E-state index is 12.8. The van der Waals surface area contributed by atoms with Gasteiger partial charge in [-0.3, -0.25) is 0 Å². The molecular weight excluding hydrogens is 348 g/mol. The molecule has 0 bridgehead atoms. The molecule has 1 saturated carbocycles. The molecule has 3 saturated heterocycles. The Bertz CT molecular complexity index is 600. The highest BCUT2D eigenvalue weighted by molar-refractivity contribution is 5.78. The van der Waals surface area contributed by atoms with E-state index >= 15 is 0 Å². The number of nitrogens with one attached hydrogen (secondary N) is 4. The summed E-state index contributed by atoms with van der Waals surface area (Å²) < 4.78 is 0. The average molecular weight is 378 g/mol. The zero-order chi connectivity index (χ0) is 18.8. The Morgan fingerprint density at radius 2 is 1.26 bits per heavy atom. The standard InChI is InChI=1S/C18H30N6O3/c25-16-19-10-12-4-2-8-23(12)17(26)20-11-13-5-3-9-24(13)18(27)22-15-7-1-6-14(15)21-16/h12-15H,1-11H2,(H,20,26)(H,22,27)(H2,19,21,25)/t12-,13-,14?,15+/m0/s1. The lowest BCUT2D eigenvalue weighted by Gasteiger charge is -2.29. The van der Waals surface area contributed by atoms with Crippen molar-refractivity contribution in [3.05, 3.63) is 0 Å². The lowest BCUT2D eigenvalue weighted by molar-refractivity contribution is 0.177. The third-order valence-electron chi connectivity index (χ3n) is 6.40. The van der Waals surface area contributed by atoms with Crippen LogP contribution < -0.4 is 21.3 Å². The molecule has 3 aliphatic heterocycles. The summed E-state index contributed by atoms with van der Waals surface area (Å²) in [6.07, 6.45) is 6.45. The van der Waals surface area contributed by atoms with E-state index in [1.807, 2.05) is 9.80 Å². The highest BCUT2D eigenvalue weighted by atomic mass is 16.2. The van der Waals surface area contributed by atoms with Crippen LogP contribution in [0.2, 0.25) is 0 Å². The molecule has 0 radical (unpaired) electrons. The van der Waals surface area contributed by atoms with E-state index < -0.39 is 0 Å². The minimum Gasteiger partial charge on any atom is -0.336 e. The van der Waals surface area contributed by atoms with Crippen LogP contribution in [0.5, 0.6) is 0 Å². The maximum atomic E-state index is 12.8. The number of carbonyl (C=O) groups is 3. The molecule has 3 heterocycles. The van der Waals surface area contributed by atoms with Crippen molar-refractivity contribution in [3.63, 3.8) is 0 Å². The van der Waals surface area contributed by atoms with Gasteiger partial charge in [-0.2, -0.15) is 0 Å². The highest BCUT2D eigenvalue weighted by Gasteiger charge is 2.36. The Labute approximate surface area is 159 Å². The SMILES string of the molecule is O=C1NC[C@@H]2CCCN2C(=O)NC[C@@H]2CCCN2C(=O)N[C@@H]2CCCC2N1. The molecule has 0 aromatic rings. The fourth-order valence-electron chi connectivity index (χ4n) is 4.91. The zero-order valence-corrected chi connectivity index (χ0v) is 15.7. The first-order chi connectivity index (χ1) is 13.1. The van der Waals surface area contributed by atoms with Crippen LogP contribution in [0, 0.1) is 0 Å². The molecule has 1 unspecified atom stereocenters. The normalized spacial score (nSPS) is 35.0. The third-order valence-corrected chi connectivity index (χ3v) is 6.40. The second-order valence-electron chi connectivity index (χ2n) is 8.11. The molecule has 4 aliphatic rings. The van der Waals surface area contributed by atoms with Gasteiger partial charge in [-0.25, -0.2) is 14.4 Å². The Balaban J connectivity index is 1.50. The molecule has 0 spiro atoms. The summed E-state index contributed by atoms with van der Waals surface area (Å²) in [5.41, 5.74) is 0. The molecule has 6 amide bonds. The topological polar surface area (TPSA) is 106 Å². The predicted octanol–water partition coefficient (Wildman–Crippen LogP) is 0.568. The van der Waals surface area contributed by atoms with Crippen LogP contribution in [0.3, 0.4) is 0 Å². The van der Waals surface area contributed by atoms with Gasteiger partial charge in [-0.1, -0.05) is 0 Å². The van der Waals surface area contributed by atoms with Gasteiger partial charge in [0, 0.05) is 26.2 Å². The molecule has 4 N–H and O–H groups in total. The number of hydrogen-bond donors (Lipinski definition) is 4. The van der Waals surface area contributed by atoms with Gasteiger partial charge in [0.2, 0.25) is 0 Å². The molecule has 4 fully saturated rings. The van der Waals surface area contributed by atoms with E-state index in [4.69, 9.17) is 0 Å². The third kappa shape index (κ3) is 3.91. The van der Waals surface area contributed by atoms with E-state index in [-0.39, 0.29) is 42.3 Å². The largest absolute Gasteiger partial charge is 0.336 e. The van der Waals surface area contributed by atoms with Gasteiger partial charge in [0.25, 0.3) is 0 Å². The fraction of sp³-hybridized carbons (Fsp3) is 0.833. The van der Waals surface area contributed by atoms with E-state index in [1.165, 1.54) is 0 Å². The molecule has 9 heteroatoms. The summed E-state index contributed by atoms with van der Waals surface area (Å²) in [5, 5.41) is 12.1. The van der Waals surface area contributed by atoms with Crippen molar-refractivity contribution in [2.45, 2.75) is 69.1 Å². The quantitative estimate of drug-likeness (QED) is 0.495. The zero-order valence-electron chi connectivity index (χ0n) is 15.7. The van der Waals surface area contributed by atoms with Crippen molar-refractivity contribution >= 4 is 18.1 Å². The first-order valence-corrected chi connectivity index (χ1v) is 10.3. The van der Waals surface area contributed by atoms with Gasteiger partial charge in [0.1, 0.15) is 0 Å². The molecule has 0 aromatic carbocycles. The van der Waals surface area contributed by atoms with Gasteiger partial charge in [0.05, 0.1) is 24.2 Å². The van der Waals surface area contributed by atoms with Crippen molar-refractivity contribution in [2.24, 2.45) is 0 Å². The van der Waals surface area contributed by atoms with E-state index in [0.717, 1.165) is 44.9 Å². The van der Waals surface area contributed by atoms with Gasteiger partial charge < -0.3 is 31.1 Å². The molecule has 0 aromatic heterocycles. The second-order valence-corrected chi connectivity index (χ2v) is 8.11. The summed E-state index contributed by atoms with van der Waals surface area (Å²) >= 11 is 0. The Hall–Kier alpha value is -2.19. The number of carbonyl (C=O) groups excluding carboxylic acids is 3. The van der Waals surface area contributed by atoms with Crippen molar-refractivity contribution in [1.29, 1.82) is 0 Å². The molecule has 150 valence electrons. The molecule has 4 rings (SSSR count). The number of fused-ring (bicyclic) bond motifs is 3. The second kappa shape index (κ2) is 7.82. The number of amides is 6. The fourth-order valence-corrected chi connectivity index (χ4v) is 4.91. The first-order valence-electron chi connectivity index (χ1n) is 10.3. The Morgan fingerprint density at radius 1 is 0.667 bits per heavy atom. The number of nitrogens with zero attached hydrogens (tertiary/aromatic N) is 2. The molecule has 9 nitrogen and oxygen atoms in total. The van der Waals surface area contributed by atoms with Crippen LogP contribution in [-0.2, 0) is 0 Å². The van der Waals surface area contributed by atoms with Gasteiger partial charge in [-0.05, 0) is 44.9 Å². The van der Waals surface area contributed by atoms with Crippen LogP contribution in [-0.4, -0.2) is 78.2 Å². The van der Waals surface area contributed by atoms with Crippen LogP contribution in [0.25, 0.3) is 0 Å². The van der Waals surface area contributed by atoms with Gasteiger partial charge in [0.15, 0.2) is 0 Å². The van der Waals surface area contributed by atoms with Crippen molar-refractivity contribution in [1.82, 2.24) is 31.1 Å². The number of rotatable bonds is 0. The van der Waals surface area contributed by atoms with Crippen LogP contribution >= 0.6 is 0 Å². The first kappa shape index (κ1) is 18.2. The minimum absolute atomic E-state index is 0.0275. The number of hydrogen-bond acceptors (Lipinski definition) is 3. The van der Waals surface area contributed by atoms with Gasteiger partial charge >= 0.3 is 18.1 Å². The Kier molecular flexibility index (Phi) is 5.27. The summed E-state index contributed by atoms with van der Waals surface area (Å²) in [6.45, 7) is 2.36. The van der Waals surface area contributed by atoms with Crippen molar-refractivity contribution in [2.75, 3.05) is 26.2 Å². The van der Waals surface area contributed by atoms with Crippen LogP contribution in [0.15, 0.2) is 0 Å². The summed E-state index contributed by atoms with van der Waals surface area (Å²) in [5.74, 6) is 0. The lowest BCUT2D eigenvalue weighted by Crippen LogP contribution is -2.55. The lowest BCUT2D eigenvalue weighted by atomic mass is 10.1.